The molecule has 1 N–H and O–H groups in total. The largest absolute Gasteiger partial charge is 0.390 e. The first kappa shape index (κ1) is 8.13. The van der Waals surface area contributed by atoms with Crippen molar-refractivity contribution in [2.45, 2.75) is 24.7 Å². The van der Waals surface area contributed by atoms with Crippen LogP contribution in [-0.2, 0) is 6.61 Å². The molecule has 1 aromatic rings. The molecule has 12 heavy (non-hydrogen) atoms. The van der Waals surface area contributed by atoms with Crippen molar-refractivity contribution in [3.63, 3.8) is 0 Å². The maximum Gasteiger partial charge on any atom is 0.150 e. The minimum absolute atomic E-state index is 0.0269. The van der Waals surface area contributed by atoms with E-state index in [1.807, 2.05) is 17.8 Å². The highest BCUT2D eigenvalue weighted by Crippen LogP contribution is 2.39. The standard InChI is InChI=1S/C8H11NO2S/c10-5-6-4-7(11-9-6)8-2-1-3-12-8/h4,8,10H,1-3,5H2. The summed E-state index contributed by atoms with van der Waals surface area (Å²) in [5, 5.41) is 13.0. The predicted octanol–water partition coefficient (Wildman–Crippen LogP) is 1.73. The monoisotopic (exact) mass is 185 g/mol. The lowest BCUT2D eigenvalue weighted by Gasteiger charge is -2.00. The van der Waals surface area contributed by atoms with Crippen molar-refractivity contribution < 1.29 is 9.63 Å². The van der Waals surface area contributed by atoms with Crippen molar-refractivity contribution in [1.29, 1.82) is 0 Å². The van der Waals surface area contributed by atoms with Crippen molar-refractivity contribution in [3.05, 3.63) is 17.5 Å². The quantitative estimate of drug-likeness (QED) is 0.762. The molecule has 0 spiro atoms. The maximum absolute atomic E-state index is 8.76. The summed E-state index contributed by atoms with van der Waals surface area (Å²) in [6.45, 7) is -0.0269. The molecule has 3 nitrogen and oxygen atoms in total. The molecule has 66 valence electrons. The Morgan fingerprint density at radius 2 is 2.67 bits per heavy atom. The van der Waals surface area contributed by atoms with Crippen LogP contribution in [0.3, 0.4) is 0 Å². The zero-order valence-corrected chi connectivity index (χ0v) is 7.51. The summed E-state index contributed by atoms with van der Waals surface area (Å²) in [6.07, 6.45) is 2.43. The van der Waals surface area contributed by atoms with Gasteiger partial charge in [-0.25, -0.2) is 0 Å². The van der Waals surface area contributed by atoms with Gasteiger partial charge in [-0.2, -0.15) is 11.8 Å². The van der Waals surface area contributed by atoms with Crippen molar-refractivity contribution in [3.8, 4) is 0 Å². The second-order valence-electron chi connectivity index (χ2n) is 2.88. The van der Waals surface area contributed by atoms with Gasteiger partial charge >= 0.3 is 0 Å². The Morgan fingerprint density at radius 1 is 1.75 bits per heavy atom. The minimum atomic E-state index is -0.0269. The normalized spacial score (nSPS) is 23.2. The van der Waals surface area contributed by atoms with E-state index >= 15 is 0 Å². The molecule has 2 heterocycles. The summed E-state index contributed by atoms with van der Waals surface area (Å²) < 4.78 is 5.11. The van der Waals surface area contributed by atoms with E-state index in [1.54, 1.807) is 0 Å². The van der Waals surface area contributed by atoms with Gasteiger partial charge in [0.05, 0.1) is 11.9 Å². The number of aliphatic hydroxyl groups is 1. The summed E-state index contributed by atoms with van der Waals surface area (Å²) in [7, 11) is 0. The molecule has 1 fully saturated rings. The Morgan fingerprint density at radius 3 is 3.25 bits per heavy atom. The Bertz CT molecular complexity index is 255. The van der Waals surface area contributed by atoms with Gasteiger partial charge in [0.1, 0.15) is 11.5 Å². The highest BCUT2D eigenvalue weighted by Gasteiger charge is 2.21. The average molecular weight is 185 g/mol. The van der Waals surface area contributed by atoms with Crippen LogP contribution >= 0.6 is 11.8 Å². The van der Waals surface area contributed by atoms with E-state index in [9.17, 15) is 0 Å². The van der Waals surface area contributed by atoms with E-state index in [1.165, 1.54) is 18.6 Å². The topological polar surface area (TPSA) is 46.3 Å². The van der Waals surface area contributed by atoms with E-state index in [-0.39, 0.29) is 6.61 Å². The molecule has 1 aliphatic rings. The first-order valence-corrected chi connectivity index (χ1v) is 5.13. The van der Waals surface area contributed by atoms with Crippen LogP contribution < -0.4 is 0 Å². The van der Waals surface area contributed by atoms with Crippen molar-refractivity contribution in [2.24, 2.45) is 0 Å². The molecule has 1 unspecified atom stereocenters. The lowest BCUT2D eigenvalue weighted by atomic mass is 10.2. The van der Waals surface area contributed by atoms with Gasteiger partial charge in [-0.05, 0) is 18.6 Å². The molecule has 0 saturated carbocycles. The molecule has 0 radical (unpaired) electrons. The van der Waals surface area contributed by atoms with E-state index in [0.717, 1.165) is 5.76 Å². The smallest absolute Gasteiger partial charge is 0.150 e. The summed E-state index contributed by atoms with van der Waals surface area (Å²) in [6, 6.07) is 1.85. The third-order valence-electron chi connectivity index (χ3n) is 1.99. The first-order chi connectivity index (χ1) is 5.90. The van der Waals surface area contributed by atoms with Crippen molar-refractivity contribution in [1.82, 2.24) is 5.16 Å². The van der Waals surface area contributed by atoms with E-state index < -0.39 is 0 Å². The summed E-state index contributed by atoms with van der Waals surface area (Å²) in [5.74, 6) is 2.13. The highest BCUT2D eigenvalue weighted by atomic mass is 32.2. The molecular weight excluding hydrogens is 174 g/mol. The number of aliphatic hydroxyl groups excluding tert-OH is 1. The molecule has 1 aliphatic heterocycles. The lowest BCUT2D eigenvalue weighted by Crippen LogP contribution is -1.83. The Hall–Kier alpha value is -0.480. The molecule has 1 atom stereocenters. The predicted molar refractivity (Wildman–Crippen MR) is 46.9 cm³/mol. The zero-order valence-electron chi connectivity index (χ0n) is 6.69. The van der Waals surface area contributed by atoms with Gasteiger partial charge in [-0.15, -0.1) is 0 Å². The van der Waals surface area contributed by atoms with Gasteiger partial charge in [0, 0.05) is 6.07 Å². The van der Waals surface area contributed by atoms with E-state index in [0.29, 0.717) is 10.9 Å². The second kappa shape index (κ2) is 3.49. The first-order valence-electron chi connectivity index (χ1n) is 4.08. The number of nitrogens with zero attached hydrogens (tertiary/aromatic N) is 1. The Labute approximate surface area is 75.1 Å². The molecule has 2 rings (SSSR count). The molecular formula is C8H11NO2S. The molecule has 0 aliphatic carbocycles. The molecule has 1 aromatic heterocycles. The SMILES string of the molecule is OCc1cc(C2CCCS2)on1. The second-order valence-corrected chi connectivity index (χ2v) is 4.19. The Kier molecular flexibility index (Phi) is 2.37. The molecule has 0 amide bonds. The van der Waals surface area contributed by atoms with Crippen LogP contribution in [0.4, 0.5) is 0 Å². The van der Waals surface area contributed by atoms with Gasteiger partial charge in [-0.1, -0.05) is 5.16 Å². The van der Waals surface area contributed by atoms with Crippen molar-refractivity contribution in [2.75, 3.05) is 5.75 Å². The van der Waals surface area contributed by atoms with Gasteiger partial charge in [-0.3, -0.25) is 0 Å². The van der Waals surface area contributed by atoms with Gasteiger partial charge in [0.2, 0.25) is 0 Å². The van der Waals surface area contributed by atoms with Gasteiger partial charge in [0.15, 0.2) is 0 Å². The number of thioether (sulfide) groups is 1. The van der Waals surface area contributed by atoms with Crippen LogP contribution in [0.25, 0.3) is 0 Å². The maximum atomic E-state index is 8.76. The zero-order chi connectivity index (χ0) is 8.39. The van der Waals surface area contributed by atoms with E-state index in [2.05, 4.69) is 5.16 Å². The lowest BCUT2D eigenvalue weighted by molar-refractivity contribution is 0.265. The number of rotatable bonds is 2. The van der Waals surface area contributed by atoms with Crippen LogP contribution in [0.1, 0.15) is 29.5 Å². The number of hydrogen-bond donors (Lipinski definition) is 1. The summed E-state index contributed by atoms with van der Waals surface area (Å²) in [4.78, 5) is 0. The van der Waals surface area contributed by atoms with Gasteiger partial charge in [0.25, 0.3) is 0 Å². The third kappa shape index (κ3) is 1.49. The summed E-state index contributed by atoms with van der Waals surface area (Å²) in [5.41, 5.74) is 0.637. The summed E-state index contributed by atoms with van der Waals surface area (Å²) >= 11 is 1.90. The molecule has 0 aromatic carbocycles. The van der Waals surface area contributed by atoms with Crippen LogP contribution in [0.5, 0.6) is 0 Å². The van der Waals surface area contributed by atoms with E-state index in [4.69, 9.17) is 9.63 Å². The van der Waals surface area contributed by atoms with Gasteiger partial charge < -0.3 is 9.63 Å². The average Bonchev–Trinajstić information content (AvgIpc) is 2.75. The Balaban J connectivity index is 2.11. The fourth-order valence-corrected chi connectivity index (χ4v) is 2.58. The molecule has 4 heteroatoms. The van der Waals surface area contributed by atoms with Crippen LogP contribution in [-0.4, -0.2) is 16.0 Å². The fraction of sp³-hybridized carbons (Fsp3) is 0.625. The number of aromatic nitrogens is 1. The fourth-order valence-electron chi connectivity index (χ4n) is 1.36. The molecule has 1 saturated heterocycles. The number of hydrogen-bond acceptors (Lipinski definition) is 4. The minimum Gasteiger partial charge on any atom is -0.390 e. The third-order valence-corrected chi connectivity index (χ3v) is 3.38. The van der Waals surface area contributed by atoms with Crippen LogP contribution in [0.2, 0.25) is 0 Å². The van der Waals surface area contributed by atoms with Crippen molar-refractivity contribution >= 4 is 11.8 Å². The highest BCUT2D eigenvalue weighted by molar-refractivity contribution is 7.99. The molecule has 0 bridgehead atoms. The van der Waals surface area contributed by atoms with Crippen LogP contribution in [0, 0.1) is 0 Å². The van der Waals surface area contributed by atoms with Crippen LogP contribution in [0.15, 0.2) is 10.6 Å².